The van der Waals surface area contributed by atoms with Gasteiger partial charge in [0, 0.05) is 11.7 Å². The number of nitrogens with one attached hydrogen (secondary N) is 1. The minimum Gasteiger partial charge on any atom is -0.314 e. The van der Waals surface area contributed by atoms with E-state index in [9.17, 15) is 8.42 Å². The number of rotatable bonds is 3. The van der Waals surface area contributed by atoms with Crippen molar-refractivity contribution < 1.29 is 8.42 Å². The van der Waals surface area contributed by atoms with E-state index in [1.54, 1.807) is 0 Å². The highest BCUT2D eigenvalue weighted by atomic mass is 32.2. The monoisotopic (exact) mass is 297 g/mol. The second kappa shape index (κ2) is 5.15. The summed E-state index contributed by atoms with van der Waals surface area (Å²) in [4.78, 5) is 0. The Morgan fingerprint density at radius 1 is 1.35 bits per heavy atom. The van der Waals surface area contributed by atoms with Gasteiger partial charge in [0.2, 0.25) is 0 Å². The molecule has 3 rings (SSSR count). The van der Waals surface area contributed by atoms with Gasteiger partial charge in [0.25, 0.3) is 0 Å². The van der Waals surface area contributed by atoms with Crippen LogP contribution in [0.5, 0.6) is 0 Å². The lowest BCUT2D eigenvalue weighted by molar-refractivity contribution is 0.484. The molecule has 20 heavy (non-hydrogen) atoms. The zero-order chi connectivity index (χ0) is 14.3. The lowest BCUT2D eigenvalue weighted by Crippen LogP contribution is -2.24. The molecule has 0 unspecified atom stereocenters. The van der Waals surface area contributed by atoms with Crippen LogP contribution in [0.4, 0.5) is 0 Å². The molecule has 0 bridgehead atoms. The van der Waals surface area contributed by atoms with Gasteiger partial charge in [0.1, 0.15) is 0 Å². The van der Waals surface area contributed by atoms with E-state index in [0.29, 0.717) is 18.2 Å². The zero-order valence-corrected chi connectivity index (χ0v) is 13.0. The van der Waals surface area contributed by atoms with Crippen LogP contribution in [0, 0.1) is 13.8 Å². The smallest absolute Gasteiger partial charge is 0.152 e. The Bertz CT molecular complexity index is 600. The molecule has 2 saturated heterocycles. The Kier molecular flexibility index (Phi) is 3.62. The predicted molar refractivity (Wildman–Crippen MR) is 78.7 cm³/mol. The van der Waals surface area contributed by atoms with Gasteiger partial charge in [0.15, 0.2) is 9.84 Å². The first-order valence-electron chi connectivity index (χ1n) is 7.44. The molecule has 1 N–H and O–H groups in total. The maximum Gasteiger partial charge on any atom is 0.152 e. The van der Waals surface area contributed by atoms with E-state index in [-0.39, 0.29) is 11.8 Å². The first-order valence-corrected chi connectivity index (χ1v) is 9.27. The number of hydrogen-bond donors (Lipinski definition) is 1. The SMILES string of the molecule is Cc1nn([C@@H]2CCS(=O)(=O)C2)c(C)c1C[C@H]1CCCN1. The van der Waals surface area contributed by atoms with Gasteiger partial charge in [0.05, 0.1) is 23.2 Å². The molecule has 112 valence electrons. The van der Waals surface area contributed by atoms with E-state index in [0.717, 1.165) is 24.4 Å². The lowest BCUT2D eigenvalue weighted by Gasteiger charge is -2.13. The largest absolute Gasteiger partial charge is 0.314 e. The molecule has 0 aliphatic carbocycles. The third-order valence-corrected chi connectivity index (χ3v) is 6.39. The molecule has 0 amide bonds. The highest BCUT2D eigenvalue weighted by Crippen LogP contribution is 2.27. The number of nitrogens with zero attached hydrogens (tertiary/aromatic N) is 2. The fraction of sp³-hybridized carbons (Fsp3) is 0.786. The molecule has 2 aliphatic heterocycles. The highest BCUT2D eigenvalue weighted by Gasteiger charge is 2.31. The molecule has 1 aromatic rings. The molecule has 2 atom stereocenters. The highest BCUT2D eigenvalue weighted by molar-refractivity contribution is 7.91. The zero-order valence-electron chi connectivity index (χ0n) is 12.2. The van der Waals surface area contributed by atoms with Crippen molar-refractivity contribution in [2.24, 2.45) is 0 Å². The summed E-state index contributed by atoms with van der Waals surface area (Å²) in [6.07, 6.45) is 4.18. The fourth-order valence-electron chi connectivity index (χ4n) is 3.49. The molecule has 1 aromatic heterocycles. The number of sulfone groups is 1. The summed E-state index contributed by atoms with van der Waals surface area (Å²) in [7, 11) is -2.86. The maximum atomic E-state index is 11.6. The standard InChI is InChI=1S/C14H23N3O2S/c1-10-14(8-12-4-3-6-15-12)11(2)17(16-10)13-5-7-20(18,19)9-13/h12-13,15H,3-9H2,1-2H3/t12-,13-/m1/s1. The maximum absolute atomic E-state index is 11.6. The van der Waals surface area contributed by atoms with E-state index in [1.165, 1.54) is 18.4 Å². The van der Waals surface area contributed by atoms with Crippen molar-refractivity contribution in [2.45, 2.75) is 51.6 Å². The van der Waals surface area contributed by atoms with Crippen LogP contribution in [0.2, 0.25) is 0 Å². The number of aryl methyl sites for hydroxylation is 1. The minimum absolute atomic E-state index is 0.0315. The van der Waals surface area contributed by atoms with Crippen LogP contribution in [0.15, 0.2) is 0 Å². The summed E-state index contributed by atoms with van der Waals surface area (Å²) >= 11 is 0. The van der Waals surface area contributed by atoms with E-state index in [2.05, 4.69) is 17.3 Å². The van der Waals surface area contributed by atoms with Crippen LogP contribution < -0.4 is 5.32 Å². The van der Waals surface area contributed by atoms with Crippen molar-refractivity contribution in [3.8, 4) is 0 Å². The van der Waals surface area contributed by atoms with Crippen molar-refractivity contribution in [3.63, 3.8) is 0 Å². The molecule has 3 heterocycles. The van der Waals surface area contributed by atoms with Crippen molar-refractivity contribution in [1.82, 2.24) is 15.1 Å². The Morgan fingerprint density at radius 3 is 2.75 bits per heavy atom. The second-order valence-electron chi connectivity index (χ2n) is 6.15. The van der Waals surface area contributed by atoms with Crippen molar-refractivity contribution >= 4 is 9.84 Å². The van der Waals surface area contributed by atoms with E-state index >= 15 is 0 Å². The van der Waals surface area contributed by atoms with Crippen LogP contribution in [-0.2, 0) is 16.3 Å². The molecule has 0 saturated carbocycles. The van der Waals surface area contributed by atoms with Crippen molar-refractivity contribution in [3.05, 3.63) is 17.0 Å². The van der Waals surface area contributed by atoms with Gasteiger partial charge in [-0.05, 0) is 51.6 Å². The van der Waals surface area contributed by atoms with Crippen LogP contribution in [0.1, 0.15) is 42.3 Å². The van der Waals surface area contributed by atoms with Gasteiger partial charge in [-0.15, -0.1) is 0 Å². The Hall–Kier alpha value is -0.880. The molecule has 0 aromatic carbocycles. The molecule has 5 nitrogen and oxygen atoms in total. The summed E-state index contributed by atoms with van der Waals surface area (Å²) in [6.45, 7) is 5.23. The summed E-state index contributed by atoms with van der Waals surface area (Å²) in [6, 6.07) is 0.585. The van der Waals surface area contributed by atoms with E-state index in [4.69, 9.17) is 0 Å². The summed E-state index contributed by atoms with van der Waals surface area (Å²) in [5.41, 5.74) is 3.51. The van der Waals surface area contributed by atoms with Crippen LogP contribution >= 0.6 is 0 Å². The average Bonchev–Trinajstić information content (AvgIpc) is 3.06. The topological polar surface area (TPSA) is 64.0 Å². The Morgan fingerprint density at radius 2 is 2.15 bits per heavy atom. The van der Waals surface area contributed by atoms with Crippen molar-refractivity contribution in [1.29, 1.82) is 0 Å². The third-order valence-electron chi connectivity index (χ3n) is 4.64. The van der Waals surface area contributed by atoms with Crippen molar-refractivity contribution in [2.75, 3.05) is 18.1 Å². The molecule has 2 fully saturated rings. The van der Waals surface area contributed by atoms with Gasteiger partial charge in [-0.3, -0.25) is 4.68 Å². The van der Waals surface area contributed by atoms with Gasteiger partial charge >= 0.3 is 0 Å². The van der Waals surface area contributed by atoms with E-state index < -0.39 is 9.84 Å². The Balaban J connectivity index is 1.83. The van der Waals surface area contributed by atoms with Gasteiger partial charge in [-0.1, -0.05) is 0 Å². The van der Waals surface area contributed by atoms with Crippen LogP contribution in [0.3, 0.4) is 0 Å². The van der Waals surface area contributed by atoms with Gasteiger partial charge in [-0.2, -0.15) is 5.10 Å². The lowest BCUT2D eigenvalue weighted by atomic mass is 10.0. The number of hydrogen-bond acceptors (Lipinski definition) is 4. The predicted octanol–water partition coefficient (Wildman–Crippen LogP) is 1.15. The first kappa shape index (κ1) is 14.1. The average molecular weight is 297 g/mol. The fourth-order valence-corrected chi connectivity index (χ4v) is 5.19. The Labute approximate surface area is 120 Å². The quantitative estimate of drug-likeness (QED) is 0.909. The minimum atomic E-state index is -2.86. The summed E-state index contributed by atoms with van der Waals surface area (Å²) < 4.78 is 25.3. The first-order chi connectivity index (χ1) is 9.46. The molecule has 6 heteroatoms. The van der Waals surface area contributed by atoms with Crippen LogP contribution in [-0.4, -0.2) is 42.3 Å². The third kappa shape index (κ3) is 2.63. The molecule has 0 radical (unpaired) electrons. The molecule has 2 aliphatic rings. The summed E-state index contributed by atoms with van der Waals surface area (Å²) in [5.74, 6) is 0.547. The normalized spacial score (nSPS) is 29.1. The summed E-state index contributed by atoms with van der Waals surface area (Å²) in [5, 5.41) is 8.14. The molecular formula is C14H23N3O2S. The molecule has 0 spiro atoms. The van der Waals surface area contributed by atoms with Crippen LogP contribution in [0.25, 0.3) is 0 Å². The van der Waals surface area contributed by atoms with Gasteiger partial charge < -0.3 is 5.32 Å². The van der Waals surface area contributed by atoms with Gasteiger partial charge in [-0.25, -0.2) is 8.42 Å². The second-order valence-corrected chi connectivity index (χ2v) is 8.38. The van der Waals surface area contributed by atoms with E-state index in [1.807, 2.05) is 11.6 Å². The molecular weight excluding hydrogens is 274 g/mol. The number of aromatic nitrogens is 2.